The number of carboxylic acids is 1. The molecule has 17 heavy (non-hydrogen) atoms. The van der Waals surface area contributed by atoms with Crippen molar-refractivity contribution < 1.29 is 19.2 Å². The van der Waals surface area contributed by atoms with Gasteiger partial charge in [-0.3, -0.25) is 4.79 Å². The van der Waals surface area contributed by atoms with Gasteiger partial charge >= 0.3 is 12.0 Å². The summed E-state index contributed by atoms with van der Waals surface area (Å²) in [5, 5.41) is 17.0. The fraction of sp³-hybridized carbons (Fsp3) is 0.500. The van der Waals surface area contributed by atoms with Crippen molar-refractivity contribution in [3.05, 3.63) is 17.0 Å². The zero-order chi connectivity index (χ0) is 13.0. The van der Waals surface area contributed by atoms with Crippen LogP contribution < -0.4 is 10.6 Å². The number of aryl methyl sites for hydroxylation is 2. The number of carbonyl (C=O) groups excluding carboxylic acids is 1. The van der Waals surface area contributed by atoms with Gasteiger partial charge in [-0.25, -0.2) is 4.79 Å². The van der Waals surface area contributed by atoms with Crippen molar-refractivity contribution in [1.29, 1.82) is 0 Å². The largest absolute Gasteiger partial charge is 0.480 e. The minimum absolute atomic E-state index is 0.296. The summed E-state index contributed by atoms with van der Waals surface area (Å²) in [5.41, 5.74) is 1.50. The molecule has 1 rings (SSSR count). The first-order valence-electron chi connectivity index (χ1n) is 5.10. The van der Waals surface area contributed by atoms with Gasteiger partial charge in [0.25, 0.3) is 0 Å². The number of carboxylic acid groups (broad SMARTS) is 1. The second kappa shape index (κ2) is 5.33. The van der Waals surface area contributed by atoms with Crippen molar-refractivity contribution in [2.45, 2.75) is 26.8 Å². The molecule has 2 amide bonds. The molecule has 0 aromatic carbocycles. The van der Waals surface area contributed by atoms with Gasteiger partial charge in [-0.15, -0.1) is 0 Å². The SMILES string of the molecule is Cc1noc(C)c1C(C)NC(=O)NCC(=O)O. The van der Waals surface area contributed by atoms with Crippen LogP contribution in [0.1, 0.15) is 30.0 Å². The molecule has 1 atom stereocenters. The van der Waals surface area contributed by atoms with E-state index in [-0.39, 0.29) is 6.04 Å². The highest BCUT2D eigenvalue weighted by Gasteiger charge is 2.18. The number of rotatable bonds is 4. The van der Waals surface area contributed by atoms with E-state index in [2.05, 4.69) is 15.8 Å². The second-order valence-corrected chi connectivity index (χ2v) is 3.68. The molecule has 3 N–H and O–H groups in total. The lowest BCUT2D eigenvalue weighted by Gasteiger charge is -2.13. The lowest BCUT2D eigenvalue weighted by Crippen LogP contribution is -2.39. The average Bonchev–Trinajstić information content (AvgIpc) is 2.55. The van der Waals surface area contributed by atoms with Gasteiger partial charge in [-0.2, -0.15) is 0 Å². The molecule has 1 aromatic rings. The summed E-state index contributed by atoms with van der Waals surface area (Å²) in [6.45, 7) is 4.88. The van der Waals surface area contributed by atoms with Crippen LogP contribution in [0, 0.1) is 13.8 Å². The van der Waals surface area contributed by atoms with E-state index < -0.39 is 18.5 Å². The van der Waals surface area contributed by atoms with E-state index in [0.29, 0.717) is 11.5 Å². The Morgan fingerprint density at radius 1 is 1.47 bits per heavy atom. The Morgan fingerprint density at radius 3 is 2.59 bits per heavy atom. The van der Waals surface area contributed by atoms with Crippen molar-refractivity contribution in [1.82, 2.24) is 15.8 Å². The van der Waals surface area contributed by atoms with Crippen molar-refractivity contribution in [2.24, 2.45) is 0 Å². The molecule has 0 aliphatic carbocycles. The number of urea groups is 1. The number of hydrogen-bond donors (Lipinski definition) is 3. The number of hydrogen-bond acceptors (Lipinski definition) is 4. The summed E-state index contributed by atoms with van der Waals surface area (Å²) in [6.07, 6.45) is 0. The Hall–Kier alpha value is -2.05. The lowest BCUT2D eigenvalue weighted by molar-refractivity contribution is -0.135. The monoisotopic (exact) mass is 241 g/mol. The summed E-state index contributed by atoms with van der Waals surface area (Å²) in [7, 11) is 0. The zero-order valence-electron chi connectivity index (χ0n) is 9.90. The smallest absolute Gasteiger partial charge is 0.323 e. The van der Waals surface area contributed by atoms with E-state index in [1.165, 1.54) is 0 Å². The van der Waals surface area contributed by atoms with Crippen LogP contribution in [-0.2, 0) is 4.79 Å². The maximum absolute atomic E-state index is 11.3. The molecule has 7 heteroatoms. The standard InChI is InChI=1S/C10H15N3O4/c1-5(9-6(2)13-17-7(9)3)12-10(16)11-4-8(14)15/h5H,4H2,1-3H3,(H,14,15)(H2,11,12,16). The van der Waals surface area contributed by atoms with Gasteiger partial charge in [0.05, 0.1) is 11.7 Å². The van der Waals surface area contributed by atoms with Gasteiger partial charge in [-0.05, 0) is 20.8 Å². The predicted octanol–water partition coefficient (Wildman–Crippen LogP) is 0.736. The van der Waals surface area contributed by atoms with Crippen LogP contribution in [0.5, 0.6) is 0 Å². The fourth-order valence-corrected chi connectivity index (χ4v) is 1.58. The highest BCUT2D eigenvalue weighted by Crippen LogP contribution is 2.20. The Morgan fingerprint density at radius 2 is 2.12 bits per heavy atom. The third-order valence-electron chi connectivity index (χ3n) is 2.27. The molecule has 0 aliphatic rings. The van der Waals surface area contributed by atoms with Crippen LogP contribution in [0.2, 0.25) is 0 Å². The Labute approximate surface area is 98.2 Å². The van der Waals surface area contributed by atoms with Crippen molar-refractivity contribution in [3.8, 4) is 0 Å². The highest BCUT2D eigenvalue weighted by molar-refractivity contribution is 5.80. The van der Waals surface area contributed by atoms with E-state index in [9.17, 15) is 9.59 Å². The predicted molar refractivity (Wildman–Crippen MR) is 58.6 cm³/mol. The first-order chi connectivity index (χ1) is 7.91. The van der Waals surface area contributed by atoms with E-state index in [0.717, 1.165) is 5.56 Å². The minimum atomic E-state index is -1.09. The lowest BCUT2D eigenvalue weighted by atomic mass is 10.1. The summed E-state index contributed by atoms with van der Waals surface area (Å²) in [6, 6.07) is -0.838. The molecule has 7 nitrogen and oxygen atoms in total. The molecule has 94 valence electrons. The van der Waals surface area contributed by atoms with Crippen LogP contribution in [0.4, 0.5) is 4.79 Å². The third-order valence-corrected chi connectivity index (χ3v) is 2.27. The molecule has 0 saturated carbocycles. The van der Waals surface area contributed by atoms with E-state index in [1.54, 1.807) is 20.8 Å². The van der Waals surface area contributed by atoms with Crippen molar-refractivity contribution in [3.63, 3.8) is 0 Å². The van der Waals surface area contributed by atoms with Crippen LogP contribution in [-0.4, -0.2) is 28.8 Å². The van der Waals surface area contributed by atoms with Gasteiger partial charge < -0.3 is 20.3 Å². The molecule has 0 fully saturated rings. The number of aromatic nitrogens is 1. The normalized spacial score (nSPS) is 11.9. The minimum Gasteiger partial charge on any atom is -0.480 e. The zero-order valence-corrected chi connectivity index (χ0v) is 9.90. The molecule has 1 unspecified atom stereocenters. The molecule has 1 aromatic heterocycles. The first-order valence-corrected chi connectivity index (χ1v) is 5.10. The Balaban J connectivity index is 2.57. The summed E-state index contributed by atoms with van der Waals surface area (Å²) in [4.78, 5) is 21.6. The first kappa shape index (κ1) is 13.0. The van der Waals surface area contributed by atoms with Crippen LogP contribution in [0.25, 0.3) is 0 Å². The number of carbonyl (C=O) groups is 2. The summed E-state index contributed by atoms with van der Waals surface area (Å²) < 4.78 is 4.98. The van der Waals surface area contributed by atoms with Gasteiger partial charge in [0, 0.05) is 5.56 Å². The maximum Gasteiger partial charge on any atom is 0.323 e. The molecule has 0 aliphatic heterocycles. The van der Waals surface area contributed by atoms with Gasteiger partial charge in [-0.1, -0.05) is 5.16 Å². The van der Waals surface area contributed by atoms with Crippen LogP contribution in [0.15, 0.2) is 4.52 Å². The highest BCUT2D eigenvalue weighted by atomic mass is 16.5. The van der Waals surface area contributed by atoms with Gasteiger partial charge in [0.1, 0.15) is 12.3 Å². The second-order valence-electron chi connectivity index (χ2n) is 3.68. The van der Waals surface area contributed by atoms with Crippen molar-refractivity contribution >= 4 is 12.0 Å². The Bertz CT molecular complexity index is 408. The van der Waals surface area contributed by atoms with E-state index in [4.69, 9.17) is 9.63 Å². The van der Waals surface area contributed by atoms with Gasteiger partial charge in [0.15, 0.2) is 0 Å². The molecule has 1 heterocycles. The molecular formula is C10H15N3O4. The van der Waals surface area contributed by atoms with Crippen molar-refractivity contribution in [2.75, 3.05) is 6.54 Å². The fourth-order valence-electron chi connectivity index (χ4n) is 1.58. The Kier molecular flexibility index (Phi) is 4.08. The number of nitrogens with one attached hydrogen (secondary N) is 2. The summed E-state index contributed by atoms with van der Waals surface area (Å²) in [5.74, 6) is -0.460. The van der Waals surface area contributed by atoms with Crippen LogP contribution >= 0.6 is 0 Å². The topological polar surface area (TPSA) is 104 Å². The average molecular weight is 241 g/mol. The molecular weight excluding hydrogens is 226 g/mol. The van der Waals surface area contributed by atoms with Crippen LogP contribution in [0.3, 0.4) is 0 Å². The van der Waals surface area contributed by atoms with Gasteiger partial charge in [0.2, 0.25) is 0 Å². The number of nitrogens with zero attached hydrogens (tertiary/aromatic N) is 1. The maximum atomic E-state index is 11.3. The molecule has 0 radical (unpaired) electrons. The number of aliphatic carboxylic acids is 1. The quantitative estimate of drug-likeness (QED) is 0.721. The number of amides is 2. The molecule has 0 saturated heterocycles. The van der Waals surface area contributed by atoms with E-state index in [1.807, 2.05) is 0 Å². The molecule has 0 spiro atoms. The third kappa shape index (κ3) is 3.47. The summed E-state index contributed by atoms with van der Waals surface area (Å²) >= 11 is 0. The van der Waals surface area contributed by atoms with E-state index >= 15 is 0 Å². The molecule has 0 bridgehead atoms.